The third-order valence-electron chi connectivity index (χ3n) is 6.88. The van der Waals surface area contributed by atoms with E-state index in [1.807, 2.05) is 61.5 Å². The monoisotopic (exact) mass is 549 g/mol. The highest BCUT2D eigenvalue weighted by Gasteiger charge is 2.32. The van der Waals surface area contributed by atoms with Gasteiger partial charge in [0.2, 0.25) is 5.88 Å². The molecule has 0 N–H and O–H groups in total. The van der Waals surface area contributed by atoms with Crippen LogP contribution in [0.4, 0.5) is 13.2 Å². The van der Waals surface area contributed by atoms with E-state index in [1.54, 1.807) is 16.6 Å². The maximum absolute atomic E-state index is 13.8. The van der Waals surface area contributed by atoms with E-state index in [0.29, 0.717) is 29.5 Å². The molecule has 0 radical (unpaired) electrons. The third kappa shape index (κ3) is 6.20. The molecule has 1 atom stereocenters. The summed E-state index contributed by atoms with van der Waals surface area (Å²) < 4.78 is 53.3. The molecule has 5 rings (SSSR count). The number of nitrogens with zero attached hydrogens (tertiary/aromatic N) is 3. The molecule has 40 heavy (non-hydrogen) atoms. The fraction of sp³-hybridized carbons (Fsp3) is 0.290. The van der Waals surface area contributed by atoms with Crippen molar-refractivity contribution in [1.29, 1.82) is 0 Å². The van der Waals surface area contributed by atoms with Gasteiger partial charge in [-0.25, -0.2) is 4.68 Å². The van der Waals surface area contributed by atoms with Crippen molar-refractivity contribution in [1.82, 2.24) is 14.7 Å². The quantitative estimate of drug-likeness (QED) is 0.237. The lowest BCUT2D eigenvalue weighted by Gasteiger charge is -2.26. The zero-order chi connectivity index (χ0) is 28.3. The van der Waals surface area contributed by atoms with E-state index in [4.69, 9.17) is 14.6 Å². The second-order valence-corrected chi connectivity index (χ2v) is 9.94. The minimum atomic E-state index is -4.48. The molecule has 0 aliphatic carbocycles. The first kappa shape index (κ1) is 27.5. The molecule has 1 fully saturated rings. The Morgan fingerprint density at radius 1 is 1.07 bits per heavy atom. The molecule has 1 amide bonds. The smallest absolute Gasteiger partial charge is 0.416 e. The van der Waals surface area contributed by atoms with Crippen LogP contribution in [-0.2, 0) is 24.5 Å². The van der Waals surface area contributed by atoms with Crippen molar-refractivity contribution in [2.24, 2.45) is 7.05 Å². The first-order valence-electron chi connectivity index (χ1n) is 13.1. The van der Waals surface area contributed by atoms with E-state index >= 15 is 0 Å². The zero-order valence-corrected chi connectivity index (χ0v) is 22.3. The number of benzene rings is 3. The summed E-state index contributed by atoms with van der Waals surface area (Å²) in [4.78, 5) is 15.4. The van der Waals surface area contributed by atoms with Gasteiger partial charge in [0.15, 0.2) is 0 Å². The molecule has 1 aliphatic rings. The Balaban J connectivity index is 1.54. The molecule has 6 nitrogen and oxygen atoms in total. The number of carbonyl (C=O) groups is 1. The number of halogens is 3. The summed E-state index contributed by atoms with van der Waals surface area (Å²) in [6, 6.07) is 21.5. The fourth-order valence-corrected chi connectivity index (χ4v) is 4.87. The number of amides is 1. The van der Waals surface area contributed by atoms with Crippen LogP contribution in [-0.4, -0.2) is 39.8 Å². The largest absolute Gasteiger partial charge is 0.439 e. The van der Waals surface area contributed by atoms with Crippen LogP contribution in [0.25, 0.3) is 11.3 Å². The molecule has 0 spiro atoms. The number of aryl methyl sites for hydroxylation is 2. The van der Waals surface area contributed by atoms with Gasteiger partial charge in [0.05, 0.1) is 23.8 Å². The lowest BCUT2D eigenvalue weighted by Crippen LogP contribution is -2.37. The Morgan fingerprint density at radius 3 is 2.48 bits per heavy atom. The summed E-state index contributed by atoms with van der Waals surface area (Å²) in [6.45, 7) is 2.99. The van der Waals surface area contributed by atoms with E-state index in [-0.39, 0.29) is 24.8 Å². The van der Waals surface area contributed by atoms with E-state index in [0.717, 1.165) is 36.1 Å². The SMILES string of the molecule is Cc1cccc(Oc2c(CN(C[C@H]3CCCO3)C(=O)c3ccc(C(F)(F)F)cc3)c(-c3ccccc3)nn2C)c1. The van der Waals surface area contributed by atoms with Crippen molar-refractivity contribution in [2.75, 3.05) is 13.2 Å². The second kappa shape index (κ2) is 11.6. The van der Waals surface area contributed by atoms with E-state index in [9.17, 15) is 18.0 Å². The first-order chi connectivity index (χ1) is 19.2. The summed E-state index contributed by atoms with van der Waals surface area (Å²) in [5, 5.41) is 4.75. The predicted molar refractivity (Wildman–Crippen MR) is 145 cm³/mol. The van der Waals surface area contributed by atoms with Gasteiger partial charge in [-0.1, -0.05) is 42.5 Å². The molecule has 9 heteroatoms. The Hall–Kier alpha value is -4.11. The summed E-state index contributed by atoms with van der Waals surface area (Å²) in [5.41, 5.74) is 2.59. The number of aromatic nitrogens is 2. The lowest BCUT2D eigenvalue weighted by atomic mass is 10.1. The molecule has 1 aliphatic heterocycles. The average molecular weight is 550 g/mol. The highest BCUT2D eigenvalue weighted by atomic mass is 19.4. The van der Waals surface area contributed by atoms with Crippen LogP contribution in [0, 0.1) is 6.92 Å². The zero-order valence-electron chi connectivity index (χ0n) is 22.3. The summed E-state index contributed by atoms with van der Waals surface area (Å²) in [7, 11) is 1.78. The van der Waals surface area contributed by atoms with Gasteiger partial charge in [-0.05, 0) is 61.7 Å². The molecular formula is C31H30F3N3O3. The van der Waals surface area contributed by atoms with E-state index < -0.39 is 17.6 Å². The highest BCUT2D eigenvalue weighted by Crippen LogP contribution is 2.35. The first-order valence-corrected chi connectivity index (χ1v) is 13.1. The number of alkyl halides is 3. The van der Waals surface area contributed by atoms with Gasteiger partial charge in [0, 0.05) is 31.3 Å². The normalized spacial score (nSPS) is 15.3. The average Bonchev–Trinajstić information content (AvgIpc) is 3.56. The third-order valence-corrected chi connectivity index (χ3v) is 6.88. The van der Waals surface area contributed by atoms with Crippen LogP contribution >= 0.6 is 0 Å². The Kier molecular flexibility index (Phi) is 7.93. The van der Waals surface area contributed by atoms with Gasteiger partial charge in [0.25, 0.3) is 5.91 Å². The van der Waals surface area contributed by atoms with Crippen molar-refractivity contribution in [3.63, 3.8) is 0 Å². The van der Waals surface area contributed by atoms with Gasteiger partial charge in [-0.3, -0.25) is 4.79 Å². The van der Waals surface area contributed by atoms with Crippen molar-refractivity contribution < 1.29 is 27.4 Å². The number of rotatable bonds is 8. The molecule has 208 valence electrons. The van der Waals surface area contributed by atoms with Gasteiger partial charge in [-0.2, -0.15) is 18.3 Å². The van der Waals surface area contributed by atoms with Crippen LogP contribution in [0.15, 0.2) is 78.9 Å². The van der Waals surface area contributed by atoms with Crippen molar-refractivity contribution >= 4 is 5.91 Å². The minimum absolute atomic E-state index is 0.124. The van der Waals surface area contributed by atoms with Crippen LogP contribution in [0.1, 0.15) is 39.9 Å². The van der Waals surface area contributed by atoms with E-state index in [2.05, 4.69) is 0 Å². The van der Waals surface area contributed by atoms with Crippen LogP contribution < -0.4 is 4.74 Å². The summed E-state index contributed by atoms with van der Waals surface area (Å²) in [5.74, 6) is 0.708. The van der Waals surface area contributed by atoms with Crippen LogP contribution in [0.2, 0.25) is 0 Å². The van der Waals surface area contributed by atoms with Crippen LogP contribution in [0.3, 0.4) is 0 Å². The molecule has 1 aromatic heterocycles. The highest BCUT2D eigenvalue weighted by molar-refractivity contribution is 5.94. The molecule has 0 unspecified atom stereocenters. The van der Waals surface area contributed by atoms with Crippen LogP contribution in [0.5, 0.6) is 11.6 Å². The topological polar surface area (TPSA) is 56.6 Å². The molecule has 3 aromatic carbocycles. The molecular weight excluding hydrogens is 519 g/mol. The Labute approximate surface area is 230 Å². The molecule has 1 saturated heterocycles. The minimum Gasteiger partial charge on any atom is -0.439 e. The van der Waals surface area contributed by atoms with Crippen molar-refractivity contribution in [2.45, 2.75) is 38.6 Å². The molecule has 2 heterocycles. The van der Waals surface area contributed by atoms with Crippen molar-refractivity contribution in [3.05, 3.63) is 101 Å². The predicted octanol–water partition coefficient (Wildman–Crippen LogP) is 7.03. The fourth-order valence-electron chi connectivity index (χ4n) is 4.87. The maximum atomic E-state index is 13.8. The Morgan fingerprint density at radius 2 is 1.82 bits per heavy atom. The number of carbonyl (C=O) groups excluding carboxylic acids is 1. The van der Waals surface area contributed by atoms with Gasteiger partial charge in [0.1, 0.15) is 11.4 Å². The maximum Gasteiger partial charge on any atom is 0.416 e. The number of ether oxygens (including phenoxy) is 2. The second-order valence-electron chi connectivity index (χ2n) is 9.94. The Bertz CT molecular complexity index is 1460. The van der Waals surface area contributed by atoms with Gasteiger partial charge >= 0.3 is 6.18 Å². The van der Waals surface area contributed by atoms with Crippen molar-refractivity contribution in [3.8, 4) is 22.9 Å². The molecule has 4 aromatic rings. The number of hydrogen-bond donors (Lipinski definition) is 0. The van der Waals surface area contributed by atoms with Gasteiger partial charge < -0.3 is 14.4 Å². The standard InChI is InChI=1S/C31H30F3N3O3/c1-21-8-6-11-25(18-21)40-30-27(28(35-36(30)2)22-9-4-3-5-10-22)20-37(19-26-12-7-17-39-26)29(38)23-13-15-24(16-14-23)31(32,33)34/h3-6,8-11,13-16,18,26H,7,12,17,19-20H2,1-2H3/t26-/m1/s1. The summed E-state index contributed by atoms with van der Waals surface area (Å²) in [6.07, 6.45) is -2.98. The lowest BCUT2D eigenvalue weighted by molar-refractivity contribution is -0.137. The van der Waals surface area contributed by atoms with E-state index in [1.165, 1.54) is 12.1 Å². The molecule has 0 bridgehead atoms. The summed E-state index contributed by atoms with van der Waals surface area (Å²) >= 11 is 0. The number of hydrogen-bond acceptors (Lipinski definition) is 4. The van der Waals surface area contributed by atoms with Gasteiger partial charge in [-0.15, -0.1) is 0 Å². The molecule has 0 saturated carbocycles.